The Morgan fingerprint density at radius 3 is 2.72 bits per heavy atom. The summed E-state index contributed by atoms with van der Waals surface area (Å²) in [5.41, 5.74) is 2.17. The lowest BCUT2D eigenvalue weighted by molar-refractivity contribution is -0.116. The summed E-state index contributed by atoms with van der Waals surface area (Å²) >= 11 is 8.72. The van der Waals surface area contributed by atoms with Gasteiger partial charge in [0.1, 0.15) is 17.2 Å². The van der Waals surface area contributed by atoms with Gasteiger partial charge in [-0.1, -0.05) is 21.1 Å². The number of anilines is 1. The van der Waals surface area contributed by atoms with E-state index in [1.165, 1.54) is 0 Å². The summed E-state index contributed by atoms with van der Waals surface area (Å²) in [6.45, 7) is 3.54. The predicted molar refractivity (Wildman–Crippen MR) is 99.4 cm³/mol. The molecular formula is C16H16BrN5O2S. The molecule has 130 valence electrons. The van der Waals surface area contributed by atoms with Gasteiger partial charge in [-0.3, -0.25) is 14.5 Å². The van der Waals surface area contributed by atoms with E-state index in [9.17, 15) is 4.79 Å². The molecule has 0 atom stereocenters. The number of nitrogens with one attached hydrogen (secondary N) is 2. The number of rotatable bonds is 5. The molecule has 3 rings (SSSR count). The number of nitrogens with zero attached hydrogens (tertiary/aromatic N) is 3. The SMILES string of the molecule is Cc1noc(C)c1NC(=O)CCc1n[nH]c(=S)n1-c1ccc(Br)cc1. The van der Waals surface area contributed by atoms with Gasteiger partial charge in [-0.2, -0.15) is 5.10 Å². The summed E-state index contributed by atoms with van der Waals surface area (Å²) in [6, 6.07) is 7.72. The largest absolute Gasteiger partial charge is 0.359 e. The summed E-state index contributed by atoms with van der Waals surface area (Å²) in [7, 11) is 0. The molecule has 7 nitrogen and oxygen atoms in total. The molecule has 0 saturated heterocycles. The van der Waals surface area contributed by atoms with E-state index in [-0.39, 0.29) is 12.3 Å². The van der Waals surface area contributed by atoms with E-state index >= 15 is 0 Å². The minimum absolute atomic E-state index is 0.134. The van der Waals surface area contributed by atoms with Gasteiger partial charge in [0, 0.05) is 23.0 Å². The van der Waals surface area contributed by atoms with Crippen molar-refractivity contribution in [2.45, 2.75) is 26.7 Å². The van der Waals surface area contributed by atoms with Gasteiger partial charge in [0.25, 0.3) is 0 Å². The molecule has 0 aliphatic rings. The van der Waals surface area contributed by atoms with Crippen LogP contribution in [0.2, 0.25) is 0 Å². The maximum Gasteiger partial charge on any atom is 0.224 e. The van der Waals surface area contributed by atoms with Gasteiger partial charge in [0.15, 0.2) is 10.5 Å². The highest BCUT2D eigenvalue weighted by Crippen LogP contribution is 2.20. The molecule has 0 radical (unpaired) electrons. The lowest BCUT2D eigenvalue weighted by Crippen LogP contribution is -2.14. The summed E-state index contributed by atoms with van der Waals surface area (Å²) in [5, 5.41) is 13.7. The van der Waals surface area contributed by atoms with Crippen molar-refractivity contribution in [3.05, 3.63) is 50.8 Å². The van der Waals surface area contributed by atoms with E-state index in [1.54, 1.807) is 13.8 Å². The monoisotopic (exact) mass is 421 g/mol. The van der Waals surface area contributed by atoms with E-state index in [2.05, 4.69) is 36.6 Å². The molecule has 0 aliphatic heterocycles. The van der Waals surface area contributed by atoms with Crippen LogP contribution in [0.3, 0.4) is 0 Å². The van der Waals surface area contributed by atoms with Crippen molar-refractivity contribution >= 4 is 39.7 Å². The maximum absolute atomic E-state index is 12.2. The molecular weight excluding hydrogens is 406 g/mol. The smallest absolute Gasteiger partial charge is 0.224 e. The van der Waals surface area contributed by atoms with Crippen molar-refractivity contribution in [3.8, 4) is 5.69 Å². The third-order valence-corrected chi connectivity index (χ3v) is 4.50. The number of benzene rings is 1. The first-order chi connectivity index (χ1) is 12.0. The van der Waals surface area contributed by atoms with Crippen LogP contribution < -0.4 is 5.32 Å². The third kappa shape index (κ3) is 3.88. The van der Waals surface area contributed by atoms with Gasteiger partial charge in [-0.15, -0.1) is 0 Å². The highest BCUT2D eigenvalue weighted by Gasteiger charge is 2.14. The number of carbonyl (C=O) groups is 1. The van der Waals surface area contributed by atoms with E-state index in [0.717, 1.165) is 10.2 Å². The number of hydrogen-bond donors (Lipinski definition) is 2. The van der Waals surface area contributed by atoms with Crippen molar-refractivity contribution in [2.24, 2.45) is 0 Å². The van der Waals surface area contributed by atoms with E-state index in [0.29, 0.717) is 34.2 Å². The van der Waals surface area contributed by atoms with Crippen LogP contribution in [0.1, 0.15) is 23.7 Å². The third-order valence-electron chi connectivity index (χ3n) is 3.70. The van der Waals surface area contributed by atoms with Crippen molar-refractivity contribution in [3.63, 3.8) is 0 Å². The normalized spacial score (nSPS) is 10.8. The molecule has 9 heteroatoms. The van der Waals surface area contributed by atoms with Gasteiger partial charge >= 0.3 is 0 Å². The first-order valence-electron chi connectivity index (χ1n) is 7.60. The average Bonchev–Trinajstić information content (AvgIpc) is 3.11. The maximum atomic E-state index is 12.2. The molecule has 3 aromatic rings. The Labute approximate surface area is 157 Å². The Hall–Kier alpha value is -2.26. The van der Waals surface area contributed by atoms with E-state index in [1.807, 2.05) is 28.8 Å². The number of hydrogen-bond acceptors (Lipinski definition) is 5. The van der Waals surface area contributed by atoms with Crippen LogP contribution in [-0.4, -0.2) is 25.8 Å². The molecule has 0 saturated carbocycles. The summed E-state index contributed by atoms with van der Waals surface area (Å²) in [6.07, 6.45) is 0.707. The molecule has 25 heavy (non-hydrogen) atoms. The first-order valence-corrected chi connectivity index (χ1v) is 8.81. The highest BCUT2D eigenvalue weighted by molar-refractivity contribution is 9.10. The Morgan fingerprint density at radius 2 is 2.08 bits per heavy atom. The number of aromatic nitrogens is 4. The molecule has 0 unspecified atom stereocenters. The van der Waals surface area contributed by atoms with Gasteiger partial charge in [-0.05, 0) is 50.3 Å². The van der Waals surface area contributed by atoms with Gasteiger partial charge in [0.2, 0.25) is 5.91 Å². The quantitative estimate of drug-likeness (QED) is 0.610. The fourth-order valence-electron chi connectivity index (χ4n) is 2.44. The molecule has 0 spiro atoms. The second-order valence-electron chi connectivity index (χ2n) is 5.50. The summed E-state index contributed by atoms with van der Waals surface area (Å²) < 4.78 is 8.34. The number of aryl methyl sites for hydroxylation is 3. The molecule has 2 aromatic heterocycles. The zero-order valence-corrected chi connectivity index (χ0v) is 16.1. The van der Waals surface area contributed by atoms with Crippen molar-refractivity contribution in [2.75, 3.05) is 5.32 Å². The zero-order chi connectivity index (χ0) is 18.0. The molecule has 0 aliphatic carbocycles. The Bertz CT molecular complexity index is 938. The lowest BCUT2D eigenvalue weighted by atomic mass is 10.2. The molecule has 1 amide bonds. The van der Waals surface area contributed by atoms with Gasteiger partial charge < -0.3 is 9.84 Å². The summed E-state index contributed by atoms with van der Waals surface area (Å²) in [4.78, 5) is 12.2. The minimum atomic E-state index is -0.134. The average molecular weight is 422 g/mol. The number of halogens is 1. The van der Waals surface area contributed by atoms with Gasteiger partial charge in [0.05, 0.1) is 0 Å². The van der Waals surface area contributed by atoms with E-state index < -0.39 is 0 Å². The second kappa shape index (κ2) is 7.32. The zero-order valence-electron chi connectivity index (χ0n) is 13.7. The molecule has 2 heterocycles. The van der Waals surface area contributed by atoms with Crippen molar-refractivity contribution in [1.29, 1.82) is 0 Å². The van der Waals surface area contributed by atoms with Crippen LogP contribution in [0.15, 0.2) is 33.3 Å². The Morgan fingerprint density at radius 1 is 1.36 bits per heavy atom. The molecule has 0 bridgehead atoms. The minimum Gasteiger partial charge on any atom is -0.359 e. The van der Waals surface area contributed by atoms with Crippen LogP contribution in [0.5, 0.6) is 0 Å². The number of aromatic amines is 1. The fraction of sp³-hybridized carbons (Fsp3) is 0.250. The van der Waals surface area contributed by atoms with Crippen LogP contribution in [-0.2, 0) is 11.2 Å². The van der Waals surface area contributed by atoms with Crippen molar-refractivity contribution < 1.29 is 9.32 Å². The highest BCUT2D eigenvalue weighted by atomic mass is 79.9. The molecule has 1 aromatic carbocycles. The number of carbonyl (C=O) groups excluding carboxylic acids is 1. The lowest BCUT2D eigenvalue weighted by Gasteiger charge is -2.07. The number of H-pyrrole nitrogens is 1. The Balaban J connectivity index is 1.73. The fourth-order valence-corrected chi connectivity index (χ4v) is 2.96. The first kappa shape index (κ1) is 17.6. The van der Waals surface area contributed by atoms with Crippen LogP contribution in [0, 0.1) is 18.6 Å². The van der Waals surface area contributed by atoms with Gasteiger partial charge in [-0.25, -0.2) is 0 Å². The molecule has 0 fully saturated rings. The predicted octanol–water partition coefficient (Wildman–Crippen LogP) is 3.87. The van der Waals surface area contributed by atoms with Crippen molar-refractivity contribution in [1.82, 2.24) is 19.9 Å². The standard InChI is InChI=1S/C16H16BrN5O2S/c1-9-15(10(2)24-21-9)18-14(23)8-7-13-19-20-16(25)22(13)12-5-3-11(17)4-6-12/h3-6H,7-8H2,1-2H3,(H,18,23)(H,20,25). The topological polar surface area (TPSA) is 88.7 Å². The van der Waals surface area contributed by atoms with Crippen LogP contribution in [0.25, 0.3) is 5.69 Å². The van der Waals surface area contributed by atoms with Crippen LogP contribution in [0.4, 0.5) is 5.69 Å². The van der Waals surface area contributed by atoms with E-state index in [4.69, 9.17) is 16.7 Å². The number of amides is 1. The summed E-state index contributed by atoms with van der Waals surface area (Å²) in [5.74, 6) is 1.15. The second-order valence-corrected chi connectivity index (χ2v) is 6.81. The van der Waals surface area contributed by atoms with Crippen LogP contribution >= 0.6 is 28.1 Å². The Kier molecular flexibility index (Phi) is 5.14. The molecule has 2 N–H and O–H groups in total.